The number of rotatable bonds is 6. The minimum atomic E-state index is 0.764. The molecule has 0 aromatic heterocycles. The Kier molecular flexibility index (Phi) is 4.67. The van der Waals surface area contributed by atoms with E-state index < -0.39 is 0 Å². The van der Waals surface area contributed by atoms with Crippen molar-refractivity contribution in [1.29, 1.82) is 0 Å². The van der Waals surface area contributed by atoms with Gasteiger partial charge in [0.1, 0.15) is 5.75 Å². The molecule has 0 unspecified atom stereocenters. The lowest BCUT2D eigenvalue weighted by Crippen LogP contribution is -2.19. The molecule has 0 bridgehead atoms. The molecule has 0 aliphatic heterocycles. The largest absolute Gasteiger partial charge is 0.492 e. The molecule has 1 aromatic carbocycles. The van der Waals surface area contributed by atoms with Gasteiger partial charge in [0.25, 0.3) is 0 Å². The van der Waals surface area contributed by atoms with E-state index in [4.69, 9.17) is 4.74 Å². The van der Waals surface area contributed by atoms with E-state index in [1.54, 1.807) is 0 Å². The molecule has 1 fully saturated rings. The van der Waals surface area contributed by atoms with E-state index in [9.17, 15) is 0 Å². The van der Waals surface area contributed by atoms with Crippen LogP contribution in [0.15, 0.2) is 27.1 Å². The van der Waals surface area contributed by atoms with Crippen LogP contribution in [-0.2, 0) is 0 Å². The topological polar surface area (TPSA) is 21.3 Å². The fourth-order valence-corrected chi connectivity index (χ4v) is 2.60. The van der Waals surface area contributed by atoms with Crippen LogP contribution in [-0.4, -0.2) is 19.2 Å². The molecule has 0 heterocycles. The Morgan fingerprint density at radius 1 is 1.31 bits per heavy atom. The lowest BCUT2D eigenvalue weighted by Gasteiger charge is -2.08. The molecule has 1 aliphatic rings. The van der Waals surface area contributed by atoms with Gasteiger partial charge in [0.2, 0.25) is 0 Å². The molecule has 2 nitrogen and oxygen atoms in total. The summed E-state index contributed by atoms with van der Waals surface area (Å²) in [4.78, 5) is 0. The molecule has 88 valence electrons. The van der Waals surface area contributed by atoms with Gasteiger partial charge in [-0.2, -0.15) is 0 Å². The number of halogens is 2. The minimum absolute atomic E-state index is 0.764. The molecule has 0 atom stereocenters. The average Bonchev–Trinajstić information content (AvgIpc) is 3.04. The van der Waals surface area contributed by atoms with Gasteiger partial charge < -0.3 is 10.1 Å². The van der Waals surface area contributed by atoms with E-state index in [-0.39, 0.29) is 0 Å². The minimum Gasteiger partial charge on any atom is -0.492 e. The van der Waals surface area contributed by atoms with Crippen molar-refractivity contribution >= 4 is 31.9 Å². The Labute approximate surface area is 113 Å². The SMILES string of the molecule is Brc1ccc(OCCCNC2CC2)c(Br)c1. The van der Waals surface area contributed by atoms with Crippen LogP contribution in [0.1, 0.15) is 19.3 Å². The predicted octanol–water partition coefficient (Wildman–Crippen LogP) is 3.73. The van der Waals surface area contributed by atoms with Crippen molar-refractivity contribution in [2.24, 2.45) is 0 Å². The highest BCUT2D eigenvalue weighted by Gasteiger charge is 2.19. The molecule has 1 N–H and O–H groups in total. The Hall–Kier alpha value is -0.0600. The van der Waals surface area contributed by atoms with Gasteiger partial charge in [-0.25, -0.2) is 0 Å². The average molecular weight is 349 g/mol. The number of hydrogen-bond donors (Lipinski definition) is 1. The second kappa shape index (κ2) is 6.03. The highest BCUT2D eigenvalue weighted by atomic mass is 79.9. The second-order valence-electron chi connectivity index (χ2n) is 4.01. The number of ether oxygens (including phenoxy) is 1. The van der Waals surface area contributed by atoms with Crippen LogP contribution in [0.3, 0.4) is 0 Å². The maximum absolute atomic E-state index is 5.69. The molecule has 1 aliphatic carbocycles. The molecule has 0 amide bonds. The highest BCUT2D eigenvalue weighted by Crippen LogP contribution is 2.28. The molecule has 1 aromatic rings. The Balaban J connectivity index is 1.67. The van der Waals surface area contributed by atoms with Crippen molar-refractivity contribution in [1.82, 2.24) is 5.32 Å². The molecule has 1 saturated carbocycles. The zero-order valence-electron chi connectivity index (χ0n) is 9.01. The summed E-state index contributed by atoms with van der Waals surface area (Å²) >= 11 is 6.90. The van der Waals surface area contributed by atoms with Crippen LogP contribution in [0, 0.1) is 0 Å². The number of benzene rings is 1. The zero-order chi connectivity index (χ0) is 11.4. The summed E-state index contributed by atoms with van der Waals surface area (Å²) in [5.41, 5.74) is 0. The van der Waals surface area contributed by atoms with Crippen molar-refractivity contribution in [3.63, 3.8) is 0 Å². The van der Waals surface area contributed by atoms with Gasteiger partial charge in [-0.15, -0.1) is 0 Å². The van der Waals surface area contributed by atoms with Crippen molar-refractivity contribution < 1.29 is 4.74 Å². The third-order valence-electron chi connectivity index (χ3n) is 2.48. The summed E-state index contributed by atoms with van der Waals surface area (Å²) in [6.45, 7) is 1.82. The van der Waals surface area contributed by atoms with Gasteiger partial charge in [-0.1, -0.05) is 15.9 Å². The number of hydrogen-bond acceptors (Lipinski definition) is 2. The van der Waals surface area contributed by atoms with Gasteiger partial charge in [0, 0.05) is 10.5 Å². The molecule has 0 spiro atoms. The summed E-state index contributed by atoms with van der Waals surface area (Å²) in [6.07, 6.45) is 3.75. The maximum Gasteiger partial charge on any atom is 0.133 e. The first-order valence-corrected chi connectivity index (χ1v) is 7.15. The third kappa shape index (κ3) is 4.07. The fraction of sp³-hybridized carbons (Fsp3) is 0.500. The van der Waals surface area contributed by atoms with E-state index in [1.165, 1.54) is 12.8 Å². The van der Waals surface area contributed by atoms with E-state index >= 15 is 0 Å². The highest BCUT2D eigenvalue weighted by molar-refractivity contribution is 9.11. The molecule has 0 saturated heterocycles. The van der Waals surface area contributed by atoms with Gasteiger partial charge in [0.05, 0.1) is 11.1 Å². The zero-order valence-corrected chi connectivity index (χ0v) is 12.2. The second-order valence-corrected chi connectivity index (χ2v) is 5.78. The van der Waals surface area contributed by atoms with Crippen molar-refractivity contribution in [3.05, 3.63) is 27.1 Å². The van der Waals surface area contributed by atoms with Crippen molar-refractivity contribution in [2.45, 2.75) is 25.3 Å². The van der Waals surface area contributed by atoms with E-state index in [2.05, 4.69) is 37.2 Å². The van der Waals surface area contributed by atoms with Crippen molar-refractivity contribution in [2.75, 3.05) is 13.2 Å². The summed E-state index contributed by atoms with van der Waals surface area (Å²) in [6, 6.07) is 6.75. The normalized spacial score (nSPS) is 15.1. The Morgan fingerprint density at radius 2 is 2.12 bits per heavy atom. The van der Waals surface area contributed by atoms with Gasteiger partial charge >= 0.3 is 0 Å². The Morgan fingerprint density at radius 3 is 2.81 bits per heavy atom. The van der Waals surface area contributed by atoms with Gasteiger partial charge in [-0.05, 0) is 59.9 Å². The summed E-state index contributed by atoms with van der Waals surface area (Å²) in [5.74, 6) is 0.912. The summed E-state index contributed by atoms with van der Waals surface area (Å²) in [5, 5.41) is 3.47. The third-order valence-corrected chi connectivity index (χ3v) is 3.60. The van der Waals surface area contributed by atoms with Crippen LogP contribution < -0.4 is 10.1 Å². The van der Waals surface area contributed by atoms with E-state index in [1.807, 2.05) is 18.2 Å². The molecule has 16 heavy (non-hydrogen) atoms. The molecule has 2 rings (SSSR count). The quantitative estimate of drug-likeness (QED) is 0.791. The predicted molar refractivity (Wildman–Crippen MR) is 73.0 cm³/mol. The smallest absolute Gasteiger partial charge is 0.133 e. The van der Waals surface area contributed by atoms with E-state index in [0.717, 1.165) is 40.3 Å². The molecular formula is C12H15Br2NO. The lowest BCUT2D eigenvalue weighted by molar-refractivity contribution is 0.306. The number of nitrogens with one attached hydrogen (secondary N) is 1. The van der Waals surface area contributed by atoms with Crippen LogP contribution >= 0.6 is 31.9 Å². The monoisotopic (exact) mass is 347 g/mol. The standard InChI is InChI=1S/C12H15Br2NO/c13-9-2-5-12(11(14)8-9)16-7-1-6-15-10-3-4-10/h2,5,8,10,15H,1,3-4,6-7H2. The first-order chi connectivity index (χ1) is 7.75. The van der Waals surface area contributed by atoms with Gasteiger partial charge in [0.15, 0.2) is 0 Å². The maximum atomic E-state index is 5.69. The first kappa shape index (κ1) is 12.4. The van der Waals surface area contributed by atoms with Crippen LogP contribution in [0.5, 0.6) is 5.75 Å². The van der Waals surface area contributed by atoms with Crippen LogP contribution in [0.4, 0.5) is 0 Å². The van der Waals surface area contributed by atoms with Gasteiger partial charge in [-0.3, -0.25) is 0 Å². The first-order valence-electron chi connectivity index (χ1n) is 5.57. The summed E-state index contributed by atoms with van der Waals surface area (Å²) < 4.78 is 7.74. The fourth-order valence-electron chi connectivity index (χ4n) is 1.44. The van der Waals surface area contributed by atoms with Crippen LogP contribution in [0.2, 0.25) is 0 Å². The van der Waals surface area contributed by atoms with Crippen LogP contribution in [0.25, 0.3) is 0 Å². The summed E-state index contributed by atoms with van der Waals surface area (Å²) in [7, 11) is 0. The van der Waals surface area contributed by atoms with Crippen molar-refractivity contribution in [3.8, 4) is 5.75 Å². The lowest BCUT2D eigenvalue weighted by atomic mass is 10.3. The Bertz CT molecular complexity index is 353. The molecular weight excluding hydrogens is 334 g/mol. The molecule has 0 radical (unpaired) electrons. The van der Waals surface area contributed by atoms with E-state index in [0.29, 0.717) is 0 Å². The molecule has 4 heteroatoms.